The predicted molar refractivity (Wildman–Crippen MR) is 83.8 cm³/mol. The summed E-state index contributed by atoms with van der Waals surface area (Å²) in [6, 6.07) is 5.11. The van der Waals surface area contributed by atoms with Crippen molar-refractivity contribution in [2.75, 3.05) is 20.5 Å². The summed E-state index contributed by atoms with van der Waals surface area (Å²) >= 11 is 0. The summed E-state index contributed by atoms with van der Waals surface area (Å²) in [5.41, 5.74) is 0.0582. The van der Waals surface area contributed by atoms with Crippen LogP contribution >= 0.6 is 0 Å². The number of carbonyl (C=O) groups is 1. The fourth-order valence-corrected chi connectivity index (χ4v) is 3.27. The first kappa shape index (κ1) is 16.4. The highest BCUT2D eigenvalue weighted by molar-refractivity contribution is 5.76. The summed E-state index contributed by atoms with van der Waals surface area (Å²) < 4.78 is 21.3. The van der Waals surface area contributed by atoms with Gasteiger partial charge in [0.2, 0.25) is 12.5 Å². The molecule has 24 heavy (non-hydrogen) atoms. The molecule has 2 aliphatic heterocycles. The van der Waals surface area contributed by atoms with E-state index in [0.29, 0.717) is 30.3 Å². The Balaban J connectivity index is 1.96. The first-order valence-electron chi connectivity index (χ1n) is 7.84. The van der Waals surface area contributed by atoms with Crippen molar-refractivity contribution in [3.05, 3.63) is 17.7 Å². The molecule has 1 aromatic rings. The van der Waals surface area contributed by atoms with Crippen molar-refractivity contribution < 1.29 is 23.7 Å². The zero-order valence-corrected chi connectivity index (χ0v) is 13.9. The average molecular weight is 332 g/mol. The number of rotatable bonds is 4. The van der Waals surface area contributed by atoms with Gasteiger partial charge in [-0.3, -0.25) is 10.1 Å². The first-order valence-corrected chi connectivity index (χ1v) is 7.84. The molecule has 0 aliphatic carbocycles. The number of esters is 1. The molecule has 3 rings (SSSR count). The van der Waals surface area contributed by atoms with Crippen LogP contribution in [0.1, 0.15) is 31.9 Å². The van der Waals surface area contributed by atoms with Crippen molar-refractivity contribution in [2.24, 2.45) is 5.41 Å². The molecule has 1 saturated heterocycles. The lowest BCUT2D eigenvalue weighted by atomic mass is 9.80. The topological polar surface area (TPSA) is 89.8 Å². The third-order valence-electron chi connectivity index (χ3n) is 4.47. The van der Waals surface area contributed by atoms with E-state index in [1.807, 2.05) is 19.1 Å². The lowest BCUT2D eigenvalue weighted by Gasteiger charge is -2.24. The number of methoxy groups -OCH3 is 1. The van der Waals surface area contributed by atoms with Gasteiger partial charge in [-0.2, -0.15) is 5.26 Å². The molecule has 0 bridgehead atoms. The van der Waals surface area contributed by atoms with Crippen molar-refractivity contribution in [3.63, 3.8) is 0 Å². The number of hydrogen-bond donors (Lipinski definition) is 1. The van der Waals surface area contributed by atoms with Gasteiger partial charge in [-0.25, -0.2) is 0 Å². The second kappa shape index (κ2) is 6.21. The third kappa shape index (κ3) is 2.63. The highest BCUT2D eigenvalue weighted by atomic mass is 16.7. The fraction of sp³-hybridized carbons (Fsp3) is 0.529. The number of carbonyl (C=O) groups excluding carboxylic acids is 1. The van der Waals surface area contributed by atoms with E-state index in [-0.39, 0.29) is 18.8 Å². The van der Waals surface area contributed by atoms with E-state index in [1.54, 1.807) is 14.0 Å². The third-order valence-corrected chi connectivity index (χ3v) is 4.47. The van der Waals surface area contributed by atoms with Gasteiger partial charge in [0.15, 0.2) is 11.5 Å². The average Bonchev–Trinajstić information content (AvgIpc) is 3.18. The van der Waals surface area contributed by atoms with Gasteiger partial charge in [-0.05, 0) is 38.0 Å². The smallest absolute Gasteiger partial charge is 0.323 e. The fourth-order valence-electron chi connectivity index (χ4n) is 3.27. The van der Waals surface area contributed by atoms with Crippen molar-refractivity contribution in [1.82, 2.24) is 5.32 Å². The van der Waals surface area contributed by atoms with Crippen molar-refractivity contribution in [3.8, 4) is 23.3 Å². The molecule has 0 radical (unpaired) electrons. The number of hydrogen-bond acceptors (Lipinski definition) is 7. The van der Waals surface area contributed by atoms with Gasteiger partial charge in [-0.15, -0.1) is 0 Å². The van der Waals surface area contributed by atoms with Crippen molar-refractivity contribution in [2.45, 2.75) is 32.4 Å². The minimum atomic E-state index is -0.754. The minimum Gasteiger partial charge on any atom is -0.493 e. The second-order valence-electron chi connectivity index (χ2n) is 6.09. The molecule has 0 amide bonds. The molecule has 1 fully saturated rings. The molecule has 2 heterocycles. The summed E-state index contributed by atoms with van der Waals surface area (Å²) in [6.45, 7) is 4.04. The van der Waals surface area contributed by atoms with Crippen LogP contribution < -0.4 is 19.5 Å². The van der Waals surface area contributed by atoms with E-state index in [9.17, 15) is 10.1 Å². The van der Waals surface area contributed by atoms with E-state index < -0.39 is 11.5 Å². The molecule has 7 heteroatoms. The van der Waals surface area contributed by atoms with Crippen LogP contribution in [0.3, 0.4) is 0 Å². The van der Waals surface area contributed by atoms with E-state index in [1.165, 1.54) is 0 Å². The summed E-state index contributed by atoms with van der Waals surface area (Å²) in [6.07, 6.45) is 0.379. The number of nitrogens with zero attached hydrogens (tertiary/aromatic N) is 1. The zero-order chi connectivity index (χ0) is 17.3. The zero-order valence-electron chi connectivity index (χ0n) is 13.9. The molecule has 0 spiro atoms. The first-order chi connectivity index (χ1) is 11.5. The molecule has 7 nitrogen and oxygen atoms in total. The van der Waals surface area contributed by atoms with Gasteiger partial charge in [0.25, 0.3) is 0 Å². The number of nitrogens with one attached hydrogen (secondary N) is 1. The van der Waals surface area contributed by atoms with Crippen LogP contribution in [-0.4, -0.2) is 32.5 Å². The highest BCUT2D eigenvalue weighted by Gasteiger charge is 2.48. The van der Waals surface area contributed by atoms with Crippen molar-refractivity contribution in [1.29, 1.82) is 5.26 Å². The van der Waals surface area contributed by atoms with Gasteiger partial charge in [0, 0.05) is 0 Å². The summed E-state index contributed by atoms with van der Waals surface area (Å²) in [4.78, 5) is 12.1. The Morgan fingerprint density at radius 1 is 1.50 bits per heavy atom. The Morgan fingerprint density at radius 2 is 2.29 bits per heavy atom. The van der Waals surface area contributed by atoms with Gasteiger partial charge >= 0.3 is 5.97 Å². The maximum Gasteiger partial charge on any atom is 0.323 e. The predicted octanol–water partition coefficient (Wildman–Crippen LogP) is 1.92. The quantitative estimate of drug-likeness (QED) is 0.842. The highest BCUT2D eigenvalue weighted by Crippen LogP contribution is 2.48. The monoisotopic (exact) mass is 332 g/mol. The molecule has 1 N–H and O–H groups in total. The molecule has 0 saturated carbocycles. The van der Waals surface area contributed by atoms with Crippen LogP contribution in [0.2, 0.25) is 0 Å². The Bertz CT molecular complexity index is 699. The van der Waals surface area contributed by atoms with Crippen molar-refractivity contribution >= 4 is 5.97 Å². The normalized spacial score (nSPS) is 27.6. The van der Waals surface area contributed by atoms with E-state index in [2.05, 4.69) is 11.4 Å². The molecule has 128 valence electrons. The largest absolute Gasteiger partial charge is 0.493 e. The van der Waals surface area contributed by atoms with Gasteiger partial charge in [0.1, 0.15) is 6.04 Å². The lowest BCUT2D eigenvalue weighted by Crippen LogP contribution is -2.34. The molecule has 1 aromatic carbocycles. The van der Waals surface area contributed by atoms with E-state index in [4.69, 9.17) is 18.9 Å². The van der Waals surface area contributed by atoms with E-state index in [0.717, 1.165) is 5.56 Å². The second-order valence-corrected chi connectivity index (χ2v) is 6.09. The summed E-state index contributed by atoms with van der Waals surface area (Å²) in [7, 11) is 1.55. The Labute approximate surface area is 140 Å². The van der Waals surface area contributed by atoms with E-state index >= 15 is 0 Å². The Kier molecular flexibility index (Phi) is 4.24. The number of benzene rings is 1. The Hall–Kier alpha value is -2.46. The number of fused-ring (bicyclic) bond motifs is 1. The molecule has 0 aromatic heterocycles. The maximum absolute atomic E-state index is 12.1. The molecule has 2 aliphatic rings. The lowest BCUT2D eigenvalue weighted by molar-refractivity contribution is -0.145. The SMILES string of the molecule is CCOC(=O)C1CC(C)(C#N)C(c2cc(OC)c3c(c2)OCO3)N1. The molecular formula is C17H20N2O5. The van der Waals surface area contributed by atoms with Crippen LogP contribution in [-0.2, 0) is 9.53 Å². The van der Waals surface area contributed by atoms with Gasteiger partial charge < -0.3 is 18.9 Å². The van der Waals surface area contributed by atoms with Crippen LogP contribution in [0.5, 0.6) is 17.2 Å². The Morgan fingerprint density at radius 3 is 2.96 bits per heavy atom. The van der Waals surface area contributed by atoms with Gasteiger partial charge in [-0.1, -0.05) is 0 Å². The maximum atomic E-state index is 12.1. The summed E-state index contributed by atoms with van der Waals surface area (Å²) in [5.74, 6) is 1.33. The van der Waals surface area contributed by atoms with Crippen LogP contribution in [0.15, 0.2) is 12.1 Å². The molecule has 3 unspecified atom stereocenters. The summed E-state index contributed by atoms with van der Waals surface area (Å²) in [5, 5.41) is 12.9. The standard InChI is InChI=1S/C17H20N2O5/c1-4-22-16(20)11-7-17(2,8-18)15(19-11)10-5-12(21-3)14-13(6-10)23-9-24-14/h5-6,11,15,19H,4,7,9H2,1-3H3. The number of nitriles is 1. The van der Waals surface area contributed by atoms with Crippen LogP contribution in [0.4, 0.5) is 0 Å². The molecular weight excluding hydrogens is 312 g/mol. The van der Waals surface area contributed by atoms with Gasteiger partial charge in [0.05, 0.1) is 31.2 Å². The number of ether oxygens (including phenoxy) is 4. The van der Waals surface area contributed by atoms with Crippen LogP contribution in [0, 0.1) is 16.7 Å². The van der Waals surface area contributed by atoms with Crippen LogP contribution in [0.25, 0.3) is 0 Å². The minimum absolute atomic E-state index is 0.133. The molecule has 3 atom stereocenters.